The van der Waals surface area contributed by atoms with Crippen LogP contribution in [0.1, 0.15) is 30.1 Å². The third-order valence-electron chi connectivity index (χ3n) is 3.72. The minimum Gasteiger partial charge on any atom is -0.339 e. The number of piperidine rings is 1. The first-order chi connectivity index (χ1) is 9.74. The van der Waals surface area contributed by atoms with E-state index in [1.54, 1.807) is 29.3 Å². The summed E-state index contributed by atoms with van der Waals surface area (Å²) in [6.07, 6.45) is 6.80. The highest BCUT2D eigenvalue weighted by molar-refractivity contribution is 5.94. The summed E-state index contributed by atoms with van der Waals surface area (Å²) in [4.78, 5) is 22.4. The van der Waals surface area contributed by atoms with Crippen LogP contribution in [0.3, 0.4) is 0 Å². The van der Waals surface area contributed by atoms with Crippen molar-refractivity contribution >= 4 is 5.91 Å². The fourth-order valence-electron chi connectivity index (χ4n) is 2.37. The van der Waals surface area contributed by atoms with Crippen LogP contribution in [-0.4, -0.2) is 43.6 Å². The Hall–Kier alpha value is -2.24. The van der Waals surface area contributed by atoms with Crippen molar-refractivity contribution in [3.05, 3.63) is 36.5 Å². The quantitative estimate of drug-likeness (QED) is 0.831. The van der Waals surface area contributed by atoms with Gasteiger partial charge in [-0.15, -0.1) is 0 Å². The number of carbonyl (C=O) groups excluding carboxylic acids is 1. The molecule has 1 aliphatic rings. The molecule has 1 amide bonds. The highest BCUT2D eigenvalue weighted by Gasteiger charge is 2.21. The highest BCUT2D eigenvalue weighted by atomic mass is 16.2. The number of amides is 1. The van der Waals surface area contributed by atoms with Crippen LogP contribution < -0.4 is 0 Å². The lowest BCUT2D eigenvalue weighted by atomic mass is 9.99. The summed E-state index contributed by atoms with van der Waals surface area (Å²) in [7, 11) is 0. The van der Waals surface area contributed by atoms with Crippen molar-refractivity contribution in [2.75, 3.05) is 13.1 Å². The molecule has 1 fully saturated rings. The molecule has 6 heteroatoms. The SMILES string of the molecule is CC1CCN(C(=O)c2ccc(-n3cncn3)nc2)CC1. The molecule has 0 atom stereocenters. The van der Waals surface area contributed by atoms with Crippen LogP contribution in [0.5, 0.6) is 0 Å². The fourth-order valence-corrected chi connectivity index (χ4v) is 2.37. The molecule has 0 radical (unpaired) electrons. The van der Waals surface area contributed by atoms with Crippen LogP contribution in [-0.2, 0) is 0 Å². The molecule has 0 aliphatic carbocycles. The fraction of sp³-hybridized carbons (Fsp3) is 0.429. The number of likely N-dealkylation sites (tertiary alicyclic amines) is 1. The Bertz CT molecular complexity index is 570. The second-order valence-corrected chi connectivity index (χ2v) is 5.22. The van der Waals surface area contributed by atoms with Gasteiger partial charge in [0.15, 0.2) is 5.82 Å². The first kappa shape index (κ1) is 12.8. The van der Waals surface area contributed by atoms with E-state index in [4.69, 9.17) is 0 Å². The van der Waals surface area contributed by atoms with Gasteiger partial charge in [-0.05, 0) is 30.9 Å². The van der Waals surface area contributed by atoms with Crippen molar-refractivity contribution in [3.63, 3.8) is 0 Å². The molecule has 0 bridgehead atoms. The van der Waals surface area contributed by atoms with Gasteiger partial charge in [0.1, 0.15) is 12.7 Å². The average Bonchev–Trinajstić information content (AvgIpc) is 3.02. The predicted molar refractivity (Wildman–Crippen MR) is 73.5 cm³/mol. The van der Waals surface area contributed by atoms with E-state index >= 15 is 0 Å². The number of nitrogens with zero attached hydrogens (tertiary/aromatic N) is 5. The van der Waals surface area contributed by atoms with E-state index in [1.165, 1.54) is 6.33 Å². The maximum atomic E-state index is 12.4. The van der Waals surface area contributed by atoms with E-state index < -0.39 is 0 Å². The molecule has 104 valence electrons. The van der Waals surface area contributed by atoms with E-state index in [1.807, 2.05) is 4.90 Å². The smallest absolute Gasteiger partial charge is 0.255 e. The molecular weight excluding hydrogens is 254 g/mol. The van der Waals surface area contributed by atoms with E-state index in [9.17, 15) is 4.79 Å². The van der Waals surface area contributed by atoms with Gasteiger partial charge in [-0.25, -0.2) is 14.6 Å². The average molecular weight is 271 g/mol. The Balaban J connectivity index is 1.73. The van der Waals surface area contributed by atoms with Crippen molar-refractivity contribution in [2.24, 2.45) is 5.92 Å². The molecule has 0 saturated carbocycles. The molecule has 6 nitrogen and oxygen atoms in total. The highest BCUT2D eigenvalue weighted by Crippen LogP contribution is 2.18. The molecule has 0 aromatic carbocycles. The van der Waals surface area contributed by atoms with Crippen molar-refractivity contribution in [1.82, 2.24) is 24.6 Å². The normalized spacial score (nSPS) is 16.4. The number of rotatable bonds is 2. The number of pyridine rings is 1. The maximum absolute atomic E-state index is 12.4. The molecule has 0 spiro atoms. The Morgan fingerprint density at radius 2 is 2.10 bits per heavy atom. The molecule has 2 aromatic rings. The number of carbonyl (C=O) groups is 1. The minimum absolute atomic E-state index is 0.0644. The first-order valence-electron chi connectivity index (χ1n) is 6.84. The standard InChI is InChI=1S/C14H17N5O/c1-11-4-6-18(7-5-11)14(20)12-2-3-13(16-8-12)19-10-15-9-17-19/h2-3,8-11H,4-7H2,1H3. The van der Waals surface area contributed by atoms with Crippen molar-refractivity contribution < 1.29 is 4.79 Å². The van der Waals surface area contributed by atoms with Gasteiger partial charge in [-0.1, -0.05) is 6.92 Å². The van der Waals surface area contributed by atoms with Crippen LogP contribution in [0.15, 0.2) is 31.0 Å². The van der Waals surface area contributed by atoms with E-state index in [2.05, 4.69) is 22.0 Å². The second-order valence-electron chi connectivity index (χ2n) is 5.22. The Morgan fingerprint density at radius 3 is 2.70 bits per heavy atom. The van der Waals surface area contributed by atoms with Crippen LogP contribution >= 0.6 is 0 Å². The van der Waals surface area contributed by atoms with Crippen LogP contribution in [0.4, 0.5) is 0 Å². The molecule has 1 aliphatic heterocycles. The third kappa shape index (κ3) is 2.54. The molecule has 20 heavy (non-hydrogen) atoms. The third-order valence-corrected chi connectivity index (χ3v) is 3.72. The van der Waals surface area contributed by atoms with Gasteiger partial charge in [0.05, 0.1) is 5.56 Å². The summed E-state index contributed by atoms with van der Waals surface area (Å²) >= 11 is 0. The van der Waals surface area contributed by atoms with Gasteiger partial charge in [0, 0.05) is 19.3 Å². The van der Waals surface area contributed by atoms with Crippen molar-refractivity contribution in [3.8, 4) is 5.82 Å². The van der Waals surface area contributed by atoms with Gasteiger partial charge >= 0.3 is 0 Å². The minimum atomic E-state index is 0.0644. The van der Waals surface area contributed by atoms with Gasteiger partial charge in [0.25, 0.3) is 5.91 Å². The van der Waals surface area contributed by atoms with Crippen LogP contribution in [0.2, 0.25) is 0 Å². The Kier molecular flexibility index (Phi) is 3.45. The lowest BCUT2D eigenvalue weighted by Gasteiger charge is -2.30. The maximum Gasteiger partial charge on any atom is 0.255 e. The number of hydrogen-bond donors (Lipinski definition) is 0. The lowest BCUT2D eigenvalue weighted by molar-refractivity contribution is 0.0697. The summed E-state index contributed by atoms with van der Waals surface area (Å²) < 4.78 is 1.57. The summed E-state index contributed by atoms with van der Waals surface area (Å²) in [5.41, 5.74) is 0.628. The molecule has 3 heterocycles. The lowest BCUT2D eigenvalue weighted by Crippen LogP contribution is -2.37. The van der Waals surface area contributed by atoms with Gasteiger partial charge in [-0.3, -0.25) is 4.79 Å². The van der Waals surface area contributed by atoms with Crippen LogP contribution in [0, 0.1) is 5.92 Å². The van der Waals surface area contributed by atoms with E-state index in [0.29, 0.717) is 17.3 Å². The largest absolute Gasteiger partial charge is 0.339 e. The number of hydrogen-bond acceptors (Lipinski definition) is 4. The Labute approximate surface area is 117 Å². The van der Waals surface area contributed by atoms with Gasteiger partial charge < -0.3 is 4.90 Å². The molecular formula is C14H17N5O. The molecule has 0 unspecified atom stereocenters. The summed E-state index contributed by atoms with van der Waals surface area (Å²) in [5.74, 6) is 1.44. The van der Waals surface area contributed by atoms with E-state index in [0.717, 1.165) is 25.9 Å². The summed E-state index contributed by atoms with van der Waals surface area (Å²) in [6.45, 7) is 3.91. The topological polar surface area (TPSA) is 63.9 Å². The molecule has 3 rings (SSSR count). The first-order valence-corrected chi connectivity index (χ1v) is 6.84. The Morgan fingerprint density at radius 1 is 1.30 bits per heavy atom. The second kappa shape index (κ2) is 5.40. The zero-order valence-electron chi connectivity index (χ0n) is 11.4. The summed E-state index contributed by atoms with van der Waals surface area (Å²) in [5, 5.41) is 4.01. The molecule has 0 N–H and O–H groups in total. The van der Waals surface area contributed by atoms with Crippen molar-refractivity contribution in [2.45, 2.75) is 19.8 Å². The molecule has 2 aromatic heterocycles. The van der Waals surface area contributed by atoms with E-state index in [-0.39, 0.29) is 5.91 Å². The zero-order valence-corrected chi connectivity index (χ0v) is 11.4. The van der Waals surface area contributed by atoms with Gasteiger partial charge in [0.2, 0.25) is 0 Å². The van der Waals surface area contributed by atoms with Crippen molar-refractivity contribution in [1.29, 1.82) is 0 Å². The van der Waals surface area contributed by atoms with Gasteiger partial charge in [-0.2, -0.15) is 5.10 Å². The molecule has 1 saturated heterocycles. The van der Waals surface area contributed by atoms with Crippen LogP contribution in [0.25, 0.3) is 5.82 Å². The monoisotopic (exact) mass is 271 g/mol. The number of aromatic nitrogens is 4. The zero-order chi connectivity index (χ0) is 13.9. The predicted octanol–water partition coefficient (Wildman–Crippen LogP) is 1.53. The summed E-state index contributed by atoms with van der Waals surface area (Å²) in [6, 6.07) is 3.58.